The first-order valence-corrected chi connectivity index (χ1v) is 5.67. The topological polar surface area (TPSA) is 46.5 Å². The summed E-state index contributed by atoms with van der Waals surface area (Å²) in [5.74, 6) is -2.21. The predicted molar refractivity (Wildman–Crippen MR) is 62.6 cm³/mol. The maximum absolute atomic E-state index is 13.6. The molecule has 0 bridgehead atoms. The van der Waals surface area contributed by atoms with Gasteiger partial charge in [0.05, 0.1) is 7.11 Å². The molecule has 1 unspecified atom stereocenters. The minimum atomic E-state index is -0.904. The molecule has 1 atom stereocenters. The van der Waals surface area contributed by atoms with Crippen molar-refractivity contribution in [1.82, 2.24) is 0 Å². The van der Waals surface area contributed by atoms with Crippen molar-refractivity contribution in [2.24, 2.45) is 5.92 Å². The SMILES string of the molecule is COc1cc(F)c(CCC(C)CC(=O)O)c(F)c1. The van der Waals surface area contributed by atoms with E-state index in [0.29, 0.717) is 6.42 Å². The average molecular weight is 258 g/mol. The van der Waals surface area contributed by atoms with Crippen molar-refractivity contribution >= 4 is 5.97 Å². The predicted octanol–water partition coefficient (Wildman–Crippen LogP) is 3.02. The zero-order valence-corrected chi connectivity index (χ0v) is 10.4. The highest BCUT2D eigenvalue weighted by molar-refractivity contribution is 5.66. The third-order valence-electron chi connectivity index (χ3n) is 2.76. The fourth-order valence-electron chi connectivity index (χ4n) is 1.73. The van der Waals surface area contributed by atoms with Crippen molar-refractivity contribution < 1.29 is 23.4 Å². The maximum atomic E-state index is 13.6. The first kappa shape index (κ1) is 14.4. The summed E-state index contributed by atoms with van der Waals surface area (Å²) in [5.41, 5.74) is -0.0203. The molecule has 3 nitrogen and oxygen atoms in total. The highest BCUT2D eigenvalue weighted by atomic mass is 19.1. The summed E-state index contributed by atoms with van der Waals surface area (Å²) in [6.07, 6.45) is 0.599. The van der Waals surface area contributed by atoms with E-state index in [1.807, 2.05) is 0 Å². The van der Waals surface area contributed by atoms with E-state index >= 15 is 0 Å². The summed E-state index contributed by atoms with van der Waals surface area (Å²) in [6, 6.07) is 2.25. The quantitative estimate of drug-likeness (QED) is 0.853. The molecule has 0 aliphatic carbocycles. The van der Waals surface area contributed by atoms with Gasteiger partial charge in [-0.1, -0.05) is 6.92 Å². The molecule has 100 valence electrons. The van der Waals surface area contributed by atoms with Crippen LogP contribution in [0, 0.1) is 17.6 Å². The lowest BCUT2D eigenvalue weighted by atomic mass is 9.97. The van der Waals surface area contributed by atoms with Crippen molar-refractivity contribution in [1.29, 1.82) is 0 Å². The summed E-state index contributed by atoms with van der Waals surface area (Å²) in [7, 11) is 1.34. The minimum absolute atomic E-state index is 0.000602. The normalized spacial score (nSPS) is 12.2. The van der Waals surface area contributed by atoms with E-state index < -0.39 is 17.6 Å². The number of rotatable bonds is 6. The molecule has 0 aromatic heterocycles. The highest BCUT2D eigenvalue weighted by Crippen LogP contribution is 2.23. The number of carboxylic acids is 1. The van der Waals surface area contributed by atoms with E-state index in [1.54, 1.807) is 6.92 Å². The second-order valence-electron chi connectivity index (χ2n) is 4.31. The van der Waals surface area contributed by atoms with Gasteiger partial charge in [0.1, 0.15) is 17.4 Å². The molecule has 0 heterocycles. The number of halogens is 2. The van der Waals surface area contributed by atoms with E-state index in [0.717, 1.165) is 12.1 Å². The van der Waals surface area contributed by atoms with Crippen LogP contribution in [0.3, 0.4) is 0 Å². The number of methoxy groups -OCH3 is 1. The van der Waals surface area contributed by atoms with Crippen molar-refractivity contribution in [3.05, 3.63) is 29.3 Å². The molecule has 0 radical (unpaired) electrons. The highest BCUT2D eigenvalue weighted by Gasteiger charge is 2.14. The van der Waals surface area contributed by atoms with Crippen LogP contribution < -0.4 is 4.74 Å². The summed E-state index contributed by atoms with van der Waals surface area (Å²) < 4.78 is 31.9. The van der Waals surface area contributed by atoms with Gasteiger partial charge < -0.3 is 9.84 Å². The zero-order chi connectivity index (χ0) is 13.7. The van der Waals surface area contributed by atoms with Gasteiger partial charge in [-0.3, -0.25) is 4.79 Å². The van der Waals surface area contributed by atoms with Crippen LogP contribution in [-0.2, 0) is 11.2 Å². The smallest absolute Gasteiger partial charge is 0.303 e. The maximum Gasteiger partial charge on any atom is 0.303 e. The Balaban J connectivity index is 2.70. The molecule has 0 fully saturated rings. The lowest BCUT2D eigenvalue weighted by Crippen LogP contribution is -2.07. The number of benzene rings is 1. The van der Waals surface area contributed by atoms with Crippen LogP contribution in [0.5, 0.6) is 5.75 Å². The molecule has 0 amide bonds. The van der Waals surface area contributed by atoms with Gasteiger partial charge in [0.2, 0.25) is 0 Å². The van der Waals surface area contributed by atoms with Crippen LogP contribution >= 0.6 is 0 Å². The molecule has 1 rings (SSSR count). The monoisotopic (exact) mass is 258 g/mol. The van der Waals surface area contributed by atoms with Crippen LogP contribution in [0.1, 0.15) is 25.3 Å². The third kappa shape index (κ3) is 3.98. The summed E-state index contributed by atoms with van der Waals surface area (Å²) in [5, 5.41) is 8.59. The van der Waals surface area contributed by atoms with Crippen LogP contribution in [-0.4, -0.2) is 18.2 Å². The molecule has 18 heavy (non-hydrogen) atoms. The van der Waals surface area contributed by atoms with Gasteiger partial charge in [-0.15, -0.1) is 0 Å². The fourth-order valence-corrected chi connectivity index (χ4v) is 1.73. The van der Waals surface area contributed by atoms with E-state index in [4.69, 9.17) is 9.84 Å². The lowest BCUT2D eigenvalue weighted by molar-refractivity contribution is -0.138. The van der Waals surface area contributed by atoms with Crippen molar-refractivity contribution in [2.45, 2.75) is 26.2 Å². The molecule has 1 aromatic rings. The second-order valence-corrected chi connectivity index (χ2v) is 4.31. The third-order valence-corrected chi connectivity index (χ3v) is 2.76. The molecule has 1 N–H and O–H groups in total. The molecule has 5 heteroatoms. The largest absolute Gasteiger partial charge is 0.497 e. The lowest BCUT2D eigenvalue weighted by Gasteiger charge is -2.10. The number of carboxylic acid groups (broad SMARTS) is 1. The van der Waals surface area contributed by atoms with Gasteiger partial charge in [0, 0.05) is 24.1 Å². The standard InChI is InChI=1S/C13H16F2O3/c1-8(5-13(16)17)3-4-10-11(14)6-9(18-2)7-12(10)15/h6-8H,3-5H2,1-2H3,(H,16,17). The van der Waals surface area contributed by atoms with E-state index in [2.05, 4.69) is 0 Å². The van der Waals surface area contributed by atoms with E-state index in [9.17, 15) is 13.6 Å². The number of ether oxygens (including phenoxy) is 1. The first-order chi connectivity index (χ1) is 8.43. The van der Waals surface area contributed by atoms with Crippen molar-refractivity contribution in [3.63, 3.8) is 0 Å². The molecule has 0 saturated heterocycles. The summed E-state index contributed by atoms with van der Waals surface area (Å²) in [6.45, 7) is 1.74. The number of hydrogen-bond donors (Lipinski definition) is 1. The molecule has 0 saturated carbocycles. The Bertz CT molecular complexity index is 409. The van der Waals surface area contributed by atoms with E-state index in [1.165, 1.54) is 7.11 Å². The Morgan fingerprint density at radius 1 is 1.39 bits per heavy atom. The van der Waals surface area contributed by atoms with Gasteiger partial charge in [0.15, 0.2) is 0 Å². The number of hydrogen-bond acceptors (Lipinski definition) is 2. The Hall–Kier alpha value is -1.65. The minimum Gasteiger partial charge on any atom is -0.497 e. The van der Waals surface area contributed by atoms with Gasteiger partial charge in [-0.25, -0.2) is 8.78 Å². The van der Waals surface area contributed by atoms with Gasteiger partial charge >= 0.3 is 5.97 Å². The molecular weight excluding hydrogens is 242 g/mol. The zero-order valence-electron chi connectivity index (χ0n) is 10.4. The first-order valence-electron chi connectivity index (χ1n) is 5.67. The van der Waals surface area contributed by atoms with Gasteiger partial charge in [-0.2, -0.15) is 0 Å². The van der Waals surface area contributed by atoms with Crippen LogP contribution in [0.4, 0.5) is 8.78 Å². The van der Waals surface area contributed by atoms with Crippen molar-refractivity contribution in [3.8, 4) is 5.75 Å². The van der Waals surface area contributed by atoms with E-state index in [-0.39, 0.29) is 30.1 Å². The Labute approximate surface area is 104 Å². The fraction of sp³-hybridized carbons (Fsp3) is 0.462. The molecule has 0 aliphatic rings. The molecule has 0 aliphatic heterocycles. The second kappa shape index (κ2) is 6.33. The van der Waals surface area contributed by atoms with Crippen LogP contribution in [0.15, 0.2) is 12.1 Å². The van der Waals surface area contributed by atoms with Gasteiger partial charge in [0.25, 0.3) is 0 Å². The summed E-state index contributed by atoms with van der Waals surface area (Å²) >= 11 is 0. The summed E-state index contributed by atoms with van der Waals surface area (Å²) in [4.78, 5) is 10.5. The van der Waals surface area contributed by atoms with Crippen LogP contribution in [0.25, 0.3) is 0 Å². The van der Waals surface area contributed by atoms with Gasteiger partial charge in [-0.05, 0) is 18.8 Å². The Morgan fingerprint density at radius 2 is 1.94 bits per heavy atom. The molecular formula is C13H16F2O3. The van der Waals surface area contributed by atoms with Crippen LogP contribution in [0.2, 0.25) is 0 Å². The Kier molecular flexibility index (Phi) is 5.07. The average Bonchev–Trinajstić information content (AvgIpc) is 2.26. The molecule has 0 spiro atoms. The number of carbonyl (C=O) groups is 1. The molecule has 1 aromatic carbocycles. The van der Waals surface area contributed by atoms with Crippen molar-refractivity contribution in [2.75, 3.05) is 7.11 Å². The Morgan fingerprint density at radius 3 is 2.39 bits per heavy atom. The number of aliphatic carboxylic acids is 1.